The molecule has 0 spiro atoms. The summed E-state index contributed by atoms with van der Waals surface area (Å²) in [5, 5.41) is 9.43. The Bertz CT molecular complexity index is 554. The van der Waals surface area contributed by atoms with E-state index in [9.17, 15) is 14.3 Å². The van der Waals surface area contributed by atoms with Crippen LogP contribution in [-0.4, -0.2) is 24.3 Å². The summed E-state index contributed by atoms with van der Waals surface area (Å²) in [5.41, 5.74) is -0.964. The number of benzene rings is 1. The van der Waals surface area contributed by atoms with E-state index in [1.165, 1.54) is 0 Å². The third-order valence-electron chi connectivity index (χ3n) is 3.82. The van der Waals surface area contributed by atoms with Gasteiger partial charge in [-0.1, -0.05) is 22.4 Å². The van der Waals surface area contributed by atoms with E-state index in [1.807, 2.05) is 0 Å². The third kappa shape index (κ3) is 1.73. The summed E-state index contributed by atoms with van der Waals surface area (Å²) in [5.74, 6) is -1.27. The molecule has 1 fully saturated rings. The first-order valence-electron chi connectivity index (χ1n) is 6.08. The predicted molar refractivity (Wildman–Crippen MR) is 68.3 cm³/mol. The van der Waals surface area contributed by atoms with Gasteiger partial charge in [-0.2, -0.15) is 0 Å². The summed E-state index contributed by atoms with van der Waals surface area (Å²) >= 11 is 3.27. The van der Waals surface area contributed by atoms with Gasteiger partial charge in [0.1, 0.15) is 13.2 Å². The summed E-state index contributed by atoms with van der Waals surface area (Å²) in [6.45, 7) is 0.632. The van der Waals surface area contributed by atoms with Gasteiger partial charge in [0.25, 0.3) is 0 Å². The second kappa shape index (κ2) is 4.37. The number of aliphatic carboxylic acids is 1. The average Bonchev–Trinajstić information content (AvgIpc) is 2.31. The van der Waals surface area contributed by atoms with Crippen LogP contribution in [-0.2, 0) is 10.2 Å². The summed E-state index contributed by atoms with van der Waals surface area (Å²) in [6, 6.07) is 1.59. The lowest BCUT2D eigenvalue weighted by molar-refractivity contribution is -0.147. The molecule has 4 nitrogen and oxygen atoms in total. The minimum absolute atomic E-state index is 0.0250. The van der Waals surface area contributed by atoms with Gasteiger partial charge in [-0.3, -0.25) is 4.79 Å². The summed E-state index contributed by atoms with van der Waals surface area (Å²) in [4.78, 5) is 11.5. The van der Waals surface area contributed by atoms with Crippen LogP contribution in [0.4, 0.5) is 4.39 Å². The van der Waals surface area contributed by atoms with E-state index in [-0.39, 0.29) is 17.9 Å². The van der Waals surface area contributed by atoms with Crippen LogP contribution in [0.3, 0.4) is 0 Å². The van der Waals surface area contributed by atoms with Crippen LogP contribution in [0.25, 0.3) is 0 Å². The van der Waals surface area contributed by atoms with Gasteiger partial charge in [0.15, 0.2) is 17.3 Å². The smallest absolute Gasteiger partial charge is 0.314 e. The van der Waals surface area contributed by atoms with Crippen molar-refractivity contribution in [2.75, 3.05) is 13.2 Å². The zero-order valence-corrected chi connectivity index (χ0v) is 11.6. The molecular weight excluding hydrogens is 319 g/mol. The van der Waals surface area contributed by atoms with Crippen LogP contribution in [0, 0.1) is 5.82 Å². The van der Waals surface area contributed by atoms with Crippen molar-refractivity contribution in [3.05, 3.63) is 21.9 Å². The maximum atomic E-state index is 14.6. The molecule has 1 saturated carbocycles. The maximum Gasteiger partial charge on any atom is 0.314 e. The van der Waals surface area contributed by atoms with Gasteiger partial charge in [-0.25, -0.2) is 4.39 Å². The highest BCUT2D eigenvalue weighted by molar-refractivity contribution is 9.10. The minimum Gasteiger partial charge on any atom is -0.486 e. The molecule has 1 aliphatic carbocycles. The monoisotopic (exact) mass is 330 g/mol. The number of carbonyl (C=O) groups is 1. The molecule has 0 radical (unpaired) electrons. The second-order valence-corrected chi connectivity index (χ2v) is 5.67. The molecule has 1 heterocycles. The number of carboxylic acids is 1. The van der Waals surface area contributed by atoms with Gasteiger partial charge in [-0.15, -0.1) is 0 Å². The van der Waals surface area contributed by atoms with Crippen LogP contribution in [0.2, 0.25) is 0 Å². The number of carboxylic acid groups (broad SMARTS) is 1. The number of ether oxygens (including phenoxy) is 2. The normalized spacial score (nSPS) is 19.7. The molecule has 2 aliphatic rings. The van der Waals surface area contributed by atoms with E-state index in [0.717, 1.165) is 6.42 Å². The van der Waals surface area contributed by atoms with Crippen LogP contribution >= 0.6 is 15.9 Å². The Morgan fingerprint density at radius 2 is 2.05 bits per heavy atom. The fourth-order valence-electron chi connectivity index (χ4n) is 2.66. The van der Waals surface area contributed by atoms with E-state index in [1.54, 1.807) is 6.07 Å². The first-order valence-corrected chi connectivity index (χ1v) is 6.87. The Hall–Kier alpha value is -1.30. The lowest BCUT2D eigenvalue weighted by Crippen LogP contribution is -2.43. The van der Waals surface area contributed by atoms with Crippen molar-refractivity contribution in [3.8, 4) is 11.5 Å². The zero-order valence-electron chi connectivity index (χ0n) is 10.0. The van der Waals surface area contributed by atoms with E-state index in [0.29, 0.717) is 29.7 Å². The highest BCUT2D eigenvalue weighted by Crippen LogP contribution is 2.51. The van der Waals surface area contributed by atoms with Crippen molar-refractivity contribution >= 4 is 21.9 Å². The lowest BCUT2D eigenvalue weighted by atomic mass is 9.64. The molecule has 6 heteroatoms. The van der Waals surface area contributed by atoms with Crippen LogP contribution in [0.5, 0.6) is 11.5 Å². The first kappa shape index (κ1) is 12.7. The maximum absolute atomic E-state index is 14.6. The molecule has 3 rings (SSSR count). The Morgan fingerprint density at radius 3 is 2.63 bits per heavy atom. The largest absolute Gasteiger partial charge is 0.486 e. The van der Waals surface area contributed by atoms with E-state index < -0.39 is 17.2 Å². The molecule has 0 atom stereocenters. The molecule has 0 aromatic heterocycles. The van der Waals surface area contributed by atoms with Crippen molar-refractivity contribution in [2.24, 2.45) is 0 Å². The van der Waals surface area contributed by atoms with Gasteiger partial charge in [0.2, 0.25) is 0 Å². The van der Waals surface area contributed by atoms with Crippen LogP contribution < -0.4 is 9.47 Å². The Labute approximate surface area is 117 Å². The molecule has 0 bridgehead atoms. The number of hydrogen-bond donors (Lipinski definition) is 1. The Morgan fingerprint density at radius 1 is 1.37 bits per heavy atom. The SMILES string of the molecule is O=C(O)C1(c2c(Br)cc3c(c2F)OCCO3)CCC1. The van der Waals surface area contributed by atoms with Crippen LogP contribution in [0.1, 0.15) is 24.8 Å². The summed E-state index contributed by atoms with van der Waals surface area (Å²) < 4.78 is 25.6. The summed E-state index contributed by atoms with van der Waals surface area (Å²) in [6.07, 6.45) is 1.67. The highest BCUT2D eigenvalue weighted by atomic mass is 79.9. The predicted octanol–water partition coefficient (Wildman–Crippen LogP) is 2.87. The summed E-state index contributed by atoms with van der Waals surface area (Å²) in [7, 11) is 0. The minimum atomic E-state index is -1.14. The average molecular weight is 331 g/mol. The van der Waals surface area contributed by atoms with E-state index in [4.69, 9.17) is 9.47 Å². The van der Waals surface area contributed by atoms with E-state index in [2.05, 4.69) is 15.9 Å². The fourth-order valence-corrected chi connectivity index (χ4v) is 3.42. The number of fused-ring (bicyclic) bond motifs is 1. The van der Waals surface area contributed by atoms with Crippen molar-refractivity contribution in [1.29, 1.82) is 0 Å². The Balaban J connectivity index is 2.19. The zero-order chi connectivity index (χ0) is 13.6. The number of halogens is 2. The van der Waals surface area contributed by atoms with Gasteiger partial charge in [0.05, 0.1) is 5.41 Å². The molecular formula is C13H12BrFO4. The topological polar surface area (TPSA) is 55.8 Å². The molecule has 1 aromatic carbocycles. The molecule has 0 amide bonds. The van der Waals surface area contributed by atoms with Gasteiger partial charge in [0, 0.05) is 10.0 Å². The molecule has 0 unspecified atom stereocenters. The number of hydrogen-bond acceptors (Lipinski definition) is 3. The van der Waals surface area contributed by atoms with Crippen molar-refractivity contribution in [2.45, 2.75) is 24.7 Å². The standard InChI is InChI=1S/C13H12BrFO4/c14-7-6-8-11(19-5-4-18-8)10(15)9(7)13(12(16)17)2-1-3-13/h6H,1-5H2,(H,16,17). The van der Waals surface area contributed by atoms with Gasteiger partial charge < -0.3 is 14.6 Å². The molecule has 19 heavy (non-hydrogen) atoms. The van der Waals surface area contributed by atoms with Gasteiger partial charge in [-0.05, 0) is 18.9 Å². The molecule has 1 N–H and O–H groups in total. The molecule has 1 aromatic rings. The van der Waals surface area contributed by atoms with Crippen molar-refractivity contribution in [3.63, 3.8) is 0 Å². The highest BCUT2D eigenvalue weighted by Gasteiger charge is 2.50. The Kier molecular flexibility index (Phi) is 2.92. The quantitative estimate of drug-likeness (QED) is 0.905. The molecule has 0 saturated heterocycles. The number of rotatable bonds is 2. The van der Waals surface area contributed by atoms with Crippen molar-refractivity contribution in [1.82, 2.24) is 0 Å². The van der Waals surface area contributed by atoms with Crippen molar-refractivity contribution < 1.29 is 23.8 Å². The first-order chi connectivity index (χ1) is 9.06. The molecule has 102 valence electrons. The third-order valence-corrected chi connectivity index (χ3v) is 4.45. The van der Waals surface area contributed by atoms with E-state index >= 15 is 0 Å². The van der Waals surface area contributed by atoms with Gasteiger partial charge >= 0.3 is 5.97 Å². The fraction of sp³-hybridized carbons (Fsp3) is 0.462. The lowest BCUT2D eigenvalue weighted by Gasteiger charge is -2.39. The second-order valence-electron chi connectivity index (χ2n) is 4.81. The van der Waals surface area contributed by atoms with Crippen LogP contribution in [0.15, 0.2) is 10.5 Å². The molecule has 1 aliphatic heterocycles.